The highest BCUT2D eigenvalue weighted by Crippen LogP contribution is 2.22. The second-order valence-corrected chi connectivity index (χ2v) is 4.69. The van der Waals surface area contributed by atoms with E-state index < -0.39 is 5.97 Å². The molecule has 0 saturated carbocycles. The molecule has 20 heavy (non-hydrogen) atoms. The summed E-state index contributed by atoms with van der Waals surface area (Å²) in [6.07, 6.45) is 1.37. The molecule has 2 aromatic rings. The van der Waals surface area contributed by atoms with Gasteiger partial charge in [-0.25, -0.2) is 9.48 Å². The van der Waals surface area contributed by atoms with Gasteiger partial charge in [-0.2, -0.15) is 5.10 Å². The average molecular weight is 276 g/mol. The highest BCUT2D eigenvalue weighted by Gasteiger charge is 2.34. The number of amides is 1. The topological polar surface area (TPSA) is 117 Å². The maximum atomic E-state index is 12.0. The minimum atomic E-state index is -1.12. The van der Waals surface area contributed by atoms with E-state index in [0.29, 0.717) is 18.8 Å². The summed E-state index contributed by atoms with van der Waals surface area (Å²) in [6.45, 7) is 2.76. The van der Waals surface area contributed by atoms with Gasteiger partial charge in [-0.15, -0.1) is 5.10 Å². The molecule has 2 N–H and O–H groups in total. The number of carboxylic acids is 1. The van der Waals surface area contributed by atoms with E-state index in [1.807, 2.05) is 6.92 Å². The molecule has 0 atom stereocenters. The fraction of sp³-hybridized carbons (Fsp3) is 0.364. The molecule has 0 spiro atoms. The standard InChI is InChI=1S/C11H12N6O3/c1-6-2-8(13-12-6)10(18)16-3-7(4-16)17-5-9(11(19)20)14-15-17/h2,5,7H,3-4H2,1H3,(H,12,13)(H,19,20). The number of hydrogen-bond donors (Lipinski definition) is 2. The number of carbonyl (C=O) groups is 2. The zero-order valence-electron chi connectivity index (χ0n) is 10.6. The molecule has 104 valence electrons. The van der Waals surface area contributed by atoms with E-state index in [1.165, 1.54) is 10.9 Å². The first kappa shape index (κ1) is 12.3. The van der Waals surface area contributed by atoms with E-state index in [9.17, 15) is 9.59 Å². The number of H-pyrrole nitrogens is 1. The van der Waals surface area contributed by atoms with Crippen molar-refractivity contribution in [3.63, 3.8) is 0 Å². The van der Waals surface area contributed by atoms with Crippen LogP contribution in [0.15, 0.2) is 12.3 Å². The molecule has 1 fully saturated rings. The summed E-state index contributed by atoms with van der Waals surface area (Å²) in [4.78, 5) is 24.4. The Morgan fingerprint density at radius 3 is 2.70 bits per heavy atom. The molecule has 1 saturated heterocycles. The van der Waals surface area contributed by atoms with Gasteiger partial charge in [0, 0.05) is 18.8 Å². The van der Waals surface area contributed by atoms with Gasteiger partial charge in [0.1, 0.15) is 5.69 Å². The van der Waals surface area contributed by atoms with Crippen LogP contribution in [-0.2, 0) is 0 Å². The first-order valence-corrected chi connectivity index (χ1v) is 6.01. The first-order valence-electron chi connectivity index (χ1n) is 6.01. The molecule has 1 amide bonds. The van der Waals surface area contributed by atoms with Crippen molar-refractivity contribution in [2.75, 3.05) is 13.1 Å². The maximum Gasteiger partial charge on any atom is 0.358 e. The minimum Gasteiger partial charge on any atom is -0.476 e. The third-order valence-electron chi connectivity index (χ3n) is 3.18. The average Bonchev–Trinajstić information content (AvgIpc) is 2.96. The van der Waals surface area contributed by atoms with Gasteiger partial charge in [0.05, 0.1) is 12.2 Å². The van der Waals surface area contributed by atoms with Crippen LogP contribution >= 0.6 is 0 Å². The number of aryl methyl sites for hydroxylation is 1. The van der Waals surface area contributed by atoms with Gasteiger partial charge in [0.25, 0.3) is 5.91 Å². The molecule has 3 heterocycles. The molecule has 1 aliphatic rings. The van der Waals surface area contributed by atoms with Crippen molar-refractivity contribution >= 4 is 11.9 Å². The molecule has 1 aliphatic heterocycles. The normalized spacial score (nSPS) is 15.2. The Bertz CT molecular complexity index is 669. The third-order valence-corrected chi connectivity index (χ3v) is 3.18. The molecule has 0 aliphatic carbocycles. The van der Waals surface area contributed by atoms with Gasteiger partial charge < -0.3 is 10.0 Å². The van der Waals surface area contributed by atoms with Gasteiger partial charge in [0.2, 0.25) is 0 Å². The maximum absolute atomic E-state index is 12.0. The van der Waals surface area contributed by atoms with Crippen LogP contribution in [0.1, 0.15) is 32.7 Å². The summed E-state index contributed by atoms with van der Waals surface area (Å²) >= 11 is 0. The fourth-order valence-corrected chi connectivity index (χ4v) is 2.03. The van der Waals surface area contributed by atoms with Crippen LogP contribution in [0.4, 0.5) is 0 Å². The molecule has 2 aromatic heterocycles. The summed E-state index contributed by atoms with van der Waals surface area (Å²) in [6, 6.07) is 1.65. The van der Waals surface area contributed by atoms with Crippen molar-refractivity contribution in [2.45, 2.75) is 13.0 Å². The summed E-state index contributed by atoms with van der Waals surface area (Å²) in [5, 5.41) is 22.7. The number of rotatable bonds is 3. The van der Waals surface area contributed by atoms with Gasteiger partial charge in [0.15, 0.2) is 5.69 Å². The number of aromatic amines is 1. The number of aromatic carboxylic acids is 1. The monoisotopic (exact) mass is 276 g/mol. The fourth-order valence-electron chi connectivity index (χ4n) is 2.03. The molecule has 9 heteroatoms. The Morgan fingerprint density at radius 1 is 1.40 bits per heavy atom. The zero-order chi connectivity index (χ0) is 14.3. The summed E-state index contributed by atoms with van der Waals surface area (Å²) < 4.78 is 1.48. The zero-order valence-corrected chi connectivity index (χ0v) is 10.6. The van der Waals surface area contributed by atoms with E-state index in [2.05, 4.69) is 20.5 Å². The van der Waals surface area contributed by atoms with E-state index in [-0.39, 0.29) is 17.6 Å². The summed E-state index contributed by atoms with van der Waals surface area (Å²) in [7, 11) is 0. The second kappa shape index (κ2) is 4.44. The van der Waals surface area contributed by atoms with E-state index in [0.717, 1.165) is 5.69 Å². The number of carboxylic acid groups (broad SMARTS) is 1. The van der Waals surface area contributed by atoms with Crippen LogP contribution in [-0.4, -0.2) is 60.2 Å². The molecule has 0 unspecified atom stereocenters. The molecule has 9 nitrogen and oxygen atoms in total. The smallest absolute Gasteiger partial charge is 0.358 e. The van der Waals surface area contributed by atoms with Crippen molar-refractivity contribution in [2.24, 2.45) is 0 Å². The predicted molar refractivity (Wildman–Crippen MR) is 65.2 cm³/mol. The lowest BCUT2D eigenvalue weighted by atomic mass is 10.1. The molecular weight excluding hydrogens is 264 g/mol. The number of hydrogen-bond acceptors (Lipinski definition) is 5. The molecule has 0 aromatic carbocycles. The second-order valence-electron chi connectivity index (χ2n) is 4.69. The minimum absolute atomic E-state index is 0.0420. The highest BCUT2D eigenvalue weighted by molar-refractivity contribution is 5.93. The van der Waals surface area contributed by atoms with Crippen molar-refractivity contribution in [3.05, 3.63) is 29.3 Å². The van der Waals surface area contributed by atoms with Crippen LogP contribution in [0.5, 0.6) is 0 Å². The first-order chi connectivity index (χ1) is 9.54. The van der Waals surface area contributed by atoms with Gasteiger partial charge in [-0.3, -0.25) is 9.89 Å². The Morgan fingerprint density at radius 2 is 2.15 bits per heavy atom. The number of aromatic nitrogens is 5. The Kier molecular flexibility index (Phi) is 2.74. The van der Waals surface area contributed by atoms with Crippen molar-refractivity contribution in [1.82, 2.24) is 30.1 Å². The lowest BCUT2D eigenvalue weighted by Gasteiger charge is -2.38. The van der Waals surface area contributed by atoms with E-state index >= 15 is 0 Å². The number of likely N-dealkylation sites (tertiary alicyclic amines) is 1. The van der Waals surface area contributed by atoms with Gasteiger partial charge in [-0.05, 0) is 13.0 Å². The quantitative estimate of drug-likeness (QED) is 0.795. The number of nitrogens with zero attached hydrogens (tertiary/aromatic N) is 5. The molecule has 0 radical (unpaired) electrons. The Balaban J connectivity index is 1.63. The van der Waals surface area contributed by atoms with Crippen molar-refractivity contribution in [3.8, 4) is 0 Å². The summed E-state index contributed by atoms with van der Waals surface area (Å²) in [5.41, 5.74) is 1.11. The lowest BCUT2D eigenvalue weighted by Crippen LogP contribution is -2.51. The molecule has 3 rings (SSSR count). The lowest BCUT2D eigenvalue weighted by molar-refractivity contribution is 0.0491. The molecule has 0 bridgehead atoms. The number of nitrogens with one attached hydrogen (secondary N) is 1. The van der Waals surface area contributed by atoms with Crippen molar-refractivity contribution < 1.29 is 14.7 Å². The third kappa shape index (κ3) is 2.02. The van der Waals surface area contributed by atoms with Crippen molar-refractivity contribution in [1.29, 1.82) is 0 Å². The Labute approximate surface area is 113 Å². The van der Waals surface area contributed by atoms with Crippen LogP contribution in [0.3, 0.4) is 0 Å². The van der Waals surface area contributed by atoms with Crippen LogP contribution in [0, 0.1) is 6.92 Å². The molecular formula is C11H12N6O3. The van der Waals surface area contributed by atoms with Crippen LogP contribution in [0.2, 0.25) is 0 Å². The van der Waals surface area contributed by atoms with E-state index in [1.54, 1.807) is 11.0 Å². The SMILES string of the molecule is Cc1cc(C(=O)N2CC(n3cc(C(=O)O)nn3)C2)n[nH]1. The Hall–Kier alpha value is -2.71. The van der Waals surface area contributed by atoms with Crippen LogP contribution in [0.25, 0.3) is 0 Å². The van der Waals surface area contributed by atoms with Gasteiger partial charge >= 0.3 is 5.97 Å². The van der Waals surface area contributed by atoms with Crippen LogP contribution < -0.4 is 0 Å². The largest absolute Gasteiger partial charge is 0.476 e. The van der Waals surface area contributed by atoms with E-state index in [4.69, 9.17) is 5.11 Å². The van der Waals surface area contributed by atoms with Gasteiger partial charge in [-0.1, -0.05) is 5.21 Å². The number of carbonyl (C=O) groups excluding carboxylic acids is 1. The summed E-state index contributed by atoms with van der Waals surface area (Å²) in [5.74, 6) is -1.26. The highest BCUT2D eigenvalue weighted by atomic mass is 16.4. The predicted octanol–water partition coefficient (Wildman–Crippen LogP) is -0.295.